The number of nitriles is 1. The number of benzene rings is 2. The van der Waals surface area contributed by atoms with Crippen molar-refractivity contribution in [1.82, 2.24) is 10.2 Å². The summed E-state index contributed by atoms with van der Waals surface area (Å²) in [5.74, 6) is 0.471. The maximum absolute atomic E-state index is 12.1. The van der Waals surface area contributed by atoms with E-state index in [9.17, 15) is 4.79 Å². The van der Waals surface area contributed by atoms with Crippen LogP contribution in [0.3, 0.4) is 0 Å². The molecular weight excluding hydrogens is 324 g/mol. The molecule has 2 N–H and O–H groups in total. The summed E-state index contributed by atoms with van der Waals surface area (Å²) in [6, 6.07) is 19.2. The van der Waals surface area contributed by atoms with Crippen LogP contribution in [0.15, 0.2) is 54.6 Å². The SMILES string of the molecule is N#Cc1ccc(NC(=O)NC[C@@H]2CCCN(Cc3ccccc3)C2)cc1. The van der Waals surface area contributed by atoms with Crippen molar-refractivity contribution in [2.75, 3.05) is 25.0 Å². The van der Waals surface area contributed by atoms with Gasteiger partial charge in [0, 0.05) is 25.3 Å². The monoisotopic (exact) mass is 348 g/mol. The Morgan fingerprint density at radius 1 is 1.15 bits per heavy atom. The first-order valence-electron chi connectivity index (χ1n) is 9.04. The summed E-state index contributed by atoms with van der Waals surface area (Å²) in [6.07, 6.45) is 2.30. The van der Waals surface area contributed by atoms with Crippen molar-refractivity contribution in [1.29, 1.82) is 5.26 Å². The Morgan fingerprint density at radius 2 is 1.92 bits per heavy atom. The van der Waals surface area contributed by atoms with Crippen LogP contribution in [0.1, 0.15) is 24.0 Å². The van der Waals surface area contributed by atoms with Gasteiger partial charge in [-0.15, -0.1) is 0 Å². The number of rotatable bonds is 5. The van der Waals surface area contributed by atoms with Gasteiger partial charge in [-0.2, -0.15) is 5.26 Å². The zero-order valence-electron chi connectivity index (χ0n) is 14.8. The molecule has 5 heteroatoms. The Morgan fingerprint density at radius 3 is 2.65 bits per heavy atom. The maximum atomic E-state index is 12.1. The fraction of sp³-hybridized carbons (Fsp3) is 0.333. The molecule has 5 nitrogen and oxygen atoms in total. The van der Waals surface area contributed by atoms with Crippen molar-refractivity contribution in [3.8, 4) is 6.07 Å². The minimum Gasteiger partial charge on any atom is -0.338 e. The summed E-state index contributed by atoms with van der Waals surface area (Å²) in [4.78, 5) is 14.5. The van der Waals surface area contributed by atoms with Crippen molar-refractivity contribution < 1.29 is 4.79 Å². The lowest BCUT2D eigenvalue weighted by atomic mass is 9.97. The lowest BCUT2D eigenvalue weighted by Gasteiger charge is -2.32. The molecule has 1 saturated heterocycles. The molecule has 0 saturated carbocycles. The molecule has 0 aliphatic carbocycles. The van der Waals surface area contributed by atoms with E-state index in [-0.39, 0.29) is 6.03 Å². The average molecular weight is 348 g/mol. The van der Waals surface area contributed by atoms with E-state index in [4.69, 9.17) is 5.26 Å². The standard InChI is InChI=1S/C21H24N4O/c22-13-17-8-10-20(11-9-17)24-21(26)23-14-19-7-4-12-25(16-19)15-18-5-2-1-3-6-18/h1-3,5-6,8-11,19H,4,7,12,14-16H2,(H2,23,24,26)/t19-/m0/s1. The van der Waals surface area contributed by atoms with E-state index in [0.717, 1.165) is 32.5 Å². The Kier molecular flexibility index (Phi) is 6.24. The van der Waals surface area contributed by atoms with Gasteiger partial charge in [0.1, 0.15) is 0 Å². The van der Waals surface area contributed by atoms with Crippen LogP contribution in [0.25, 0.3) is 0 Å². The topological polar surface area (TPSA) is 68.2 Å². The third-order valence-corrected chi connectivity index (χ3v) is 4.68. The number of carbonyl (C=O) groups excluding carboxylic acids is 1. The summed E-state index contributed by atoms with van der Waals surface area (Å²) < 4.78 is 0. The number of hydrogen-bond acceptors (Lipinski definition) is 3. The third-order valence-electron chi connectivity index (χ3n) is 4.68. The molecule has 1 aliphatic rings. The highest BCUT2D eigenvalue weighted by Crippen LogP contribution is 2.18. The highest BCUT2D eigenvalue weighted by Gasteiger charge is 2.20. The van der Waals surface area contributed by atoms with E-state index in [1.807, 2.05) is 6.07 Å². The summed E-state index contributed by atoms with van der Waals surface area (Å²) in [5.41, 5.74) is 2.60. The first-order chi connectivity index (χ1) is 12.7. The number of nitrogens with zero attached hydrogens (tertiary/aromatic N) is 2. The average Bonchev–Trinajstić information content (AvgIpc) is 2.68. The molecule has 0 spiro atoms. The molecule has 0 unspecified atom stereocenters. The van der Waals surface area contributed by atoms with E-state index in [0.29, 0.717) is 23.7 Å². The van der Waals surface area contributed by atoms with Crippen LogP contribution < -0.4 is 10.6 Å². The van der Waals surface area contributed by atoms with Crippen LogP contribution in [-0.4, -0.2) is 30.6 Å². The number of nitrogens with one attached hydrogen (secondary N) is 2. The zero-order valence-corrected chi connectivity index (χ0v) is 14.8. The Hall–Kier alpha value is -2.84. The van der Waals surface area contributed by atoms with Gasteiger partial charge >= 0.3 is 6.03 Å². The second-order valence-electron chi connectivity index (χ2n) is 6.75. The van der Waals surface area contributed by atoms with E-state index in [1.165, 1.54) is 5.56 Å². The highest BCUT2D eigenvalue weighted by molar-refractivity contribution is 5.89. The van der Waals surface area contributed by atoms with Gasteiger partial charge < -0.3 is 10.6 Å². The molecule has 1 atom stereocenters. The summed E-state index contributed by atoms with van der Waals surface area (Å²) in [7, 11) is 0. The first kappa shape index (κ1) is 18.0. The Bertz CT molecular complexity index is 752. The van der Waals surface area contributed by atoms with E-state index >= 15 is 0 Å². The van der Waals surface area contributed by atoms with E-state index < -0.39 is 0 Å². The molecule has 26 heavy (non-hydrogen) atoms. The van der Waals surface area contributed by atoms with Gasteiger partial charge in [0.15, 0.2) is 0 Å². The third kappa shape index (κ3) is 5.33. The smallest absolute Gasteiger partial charge is 0.319 e. The minimum atomic E-state index is -0.199. The number of hydrogen-bond donors (Lipinski definition) is 2. The molecule has 2 amide bonds. The van der Waals surface area contributed by atoms with E-state index in [2.05, 4.69) is 45.9 Å². The van der Waals surface area contributed by atoms with Crippen molar-refractivity contribution in [2.45, 2.75) is 19.4 Å². The molecule has 0 radical (unpaired) electrons. The summed E-state index contributed by atoms with van der Waals surface area (Å²) in [5, 5.41) is 14.6. The second-order valence-corrected chi connectivity index (χ2v) is 6.75. The lowest BCUT2D eigenvalue weighted by molar-refractivity contribution is 0.166. The number of likely N-dealkylation sites (tertiary alicyclic amines) is 1. The molecular formula is C21H24N4O. The van der Waals surface area contributed by atoms with Gasteiger partial charge in [-0.05, 0) is 55.1 Å². The minimum absolute atomic E-state index is 0.199. The quantitative estimate of drug-likeness (QED) is 0.867. The summed E-state index contributed by atoms with van der Waals surface area (Å²) in [6.45, 7) is 3.76. The molecule has 2 aromatic carbocycles. The normalized spacial score (nSPS) is 17.3. The van der Waals surface area contributed by atoms with Crippen molar-refractivity contribution in [3.63, 3.8) is 0 Å². The maximum Gasteiger partial charge on any atom is 0.319 e. The van der Waals surface area contributed by atoms with Crippen LogP contribution in [0.2, 0.25) is 0 Å². The van der Waals surface area contributed by atoms with Crippen molar-refractivity contribution in [2.24, 2.45) is 5.92 Å². The van der Waals surface area contributed by atoms with Crippen molar-refractivity contribution >= 4 is 11.7 Å². The van der Waals surface area contributed by atoms with Crippen LogP contribution in [0.4, 0.5) is 10.5 Å². The first-order valence-corrected chi connectivity index (χ1v) is 9.04. The van der Waals surface area contributed by atoms with Crippen LogP contribution in [0, 0.1) is 17.2 Å². The highest BCUT2D eigenvalue weighted by atomic mass is 16.2. The van der Waals surface area contributed by atoms with Gasteiger partial charge in [0.25, 0.3) is 0 Å². The fourth-order valence-corrected chi connectivity index (χ4v) is 3.34. The fourth-order valence-electron chi connectivity index (χ4n) is 3.34. The number of anilines is 1. The van der Waals surface area contributed by atoms with Crippen LogP contribution in [0.5, 0.6) is 0 Å². The van der Waals surface area contributed by atoms with Gasteiger partial charge in [0.2, 0.25) is 0 Å². The van der Waals surface area contributed by atoms with Crippen molar-refractivity contribution in [3.05, 3.63) is 65.7 Å². The molecule has 0 bridgehead atoms. The molecule has 3 rings (SSSR count). The molecule has 1 heterocycles. The number of urea groups is 1. The van der Waals surface area contributed by atoms with Gasteiger partial charge in [-0.25, -0.2) is 4.79 Å². The molecule has 1 fully saturated rings. The second kappa shape index (κ2) is 9.02. The predicted octanol–water partition coefficient (Wildman–Crippen LogP) is 3.59. The molecule has 0 aromatic heterocycles. The largest absolute Gasteiger partial charge is 0.338 e. The van der Waals surface area contributed by atoms with Crippen LogP contribution >= 0.6 is 0 Å². The molecule has 1 aliphatic heterocycles. The van der Waals surface area contributed by atoms with Gasteiger partial charge in [0.05, 0.1) is 11.6 Å². The summed E-state index contributed by atoms with van der Waals surface area (Å²) >= 11 is 0. The Balaban J connectivity index is 1.43. The molecule has 2 aromatic rings. The lowest BCUT2D eigenvalue weighted by Crippen LogP contribution is -2.41. The predicted molar refractivity (Wildman–Crippen MR) is 103 cm³/mol. The zero-order chi connectivity index (χ0) is 18.2. The van der Waals surface area contributed by atoms with E-state index in [1.54, 1.807) is 24.3 Å². The van der Waals surface area contributed by atoms with Gasteiger partial charge in [-0.3, -0.25) is 4.90 Å². The number of piperidine rings is 1. The number of carbonyl (C=O) groups is 1. The Labute approximate surface area is 154 Å². The molecule has 134 valence electrons. The van der Waals surface area contributed by atoms with Gasteiger partial charge in [-0.1, -0.05) is 30.3 Å². The van der Waals surface area contributed by atoms with Crippen LogP contribution in [-0.2, 0) is 6.54 Å². The number of amides is 2.